The predicted molar refractivity (Wildman–Crippen MR) is 302 cm³/mol. The van der Waals surface area contributed by atoms with Crippen LogP contribution < -0.4 is 18.9 Å². The minimum atomic E-state index is -4.07. The number of aliphatic hydroxyl groups excluding tert-OH is 1. The van der Waals surface area contributed by atoms with Gasteiger partial charge in [0.1, 0.15) is 29.8 Å². The van der Waals surface area contributed by atoms with Gasteiger partial charge in [0.05, 0.1) is 50.9 Å². The molecule has 450 valence electrons. The lowest BCUT2D eigenvalue weighted by molar-refractivity contribution is -0.191. The van der Waals surface area contributed by atoms with Gasteiger partial charge in [0.15, 0.2) is 11.5 Å². The van der Waals surface area contributed by atoms with Crippen LogP contribution >= 0.6 is 0 Å². The Bertz CT molecular complexity index is 2960. The fourth-order valence-corrected chi connectivity index (χ4v) is 18.5. The van der Waals surface area contributed by atoms with Crippen molar-refractivity contribution in [2.45, 2.75) is 161 Å². The number of Topliss-reactive ketones (excluding diaryl/α,β-unsaturated/α-hetero) is 2. The number of methoxy groups -OCH3 is 4. The monoisotopic (exact) mass is 1160 g/mol. The van der Waals surface area contributed by atoms with E-state index >= 15 is 0 Å². The number of H-pyrrole nitrogens is 1. The van der Waals surface area contributed by atoms with Gasteiger partial charge >= 0.3 is 18.1 Å². The first-order chi connectivity index (χ1) is 39.1. The zero-order chi connectivity index (χ0) is 59.0. The molecule has 5 saturated carbocycles. The highest BCUT2D eigenvalue weighted by Crippen LogP contribution is 2.69. The molecule has 2 aromatic carbocycles. The Morgan fingerprint density at radius 1 is 0.878 bits per heavy atom. The standard InChI is InChI=1S/C62H86N2O14S.CO2/c1-34(11-12-40(65)10-9-23-79(70,71)72)46-14-15-47-56-48(18-21-62(46,47)4)61(3)20-17-36(24-39(61)29-51(56)67)25-41(66)30-55(68)77-42-13-16-49-45(31-42)43-19-22-64-33-38-28-54(58(75-7)35(2)44(38)32-50(64)57(43)63-49)78-60(69)37-26-52(73-5)59(76-8)53(27-37)74-6;2-1-3/h13,16,26-27,31,34-36,38-39,44,46-48,50-51,54,56,58,63,67H,9-12,14-15,17-25,28-30,32-33H2,1-8H3,(H,70,71,72);/t34-,35-,36+,38+,39?,44+,46+,47-,48-,50+,51-,54+,56-,58+,61-,62+;/m0./s1. The summed E-state index contributed by atoms with van der Waals surface area (Å²) in [5.41, 5.74) is 3.90. The number of hydrogen-bond acceptors (Lipinski definition) is 16. The smallest absolute Gasteiger partial charge is 0.373 e. The lowest BCUT2D eigenvalue weighted by atomic mass is 9.43. The SMILES string of the molecule is COc1cc(C(=O)O[C@@H]2C[C@@H]3CN4CCc5c([nH]c6ccc(OC(=O)CC(=O)C[C@@H]7CC[C@@]8(C)C(C7)C[C@H](O)[C@H]7[C@@H]9CC[C@H]([C@@H](C)CCC(=O)CCCS(=O)(=O)O)[C@@]9(C)CC[C@@H]78)cc56)[C@H]4C[C@@H]3[C@H](C)[C@H]2OC)cc(OC)c1OC.O=C=O. The third-order valence-electron chi connectivity index (χ3n) is 21.8. The van der Waals surface area contributed by atoms with Gasteiger partial charge in [0, 0.05) is 56.1 Å². The van der Waals surface area contributed by atoms with Gasteiger partial charge in [0.25, 0.3) is 10.1 Å². The summed E-state index contributed by atoms with van der Waals surface area (Å²) >= 11 is 0. The van der Waals surface area contributed by atoms with E-state index in [1.54, 1.807) is 19.2 Å². The molecule has 1 unspecified atom stereocenters. The quantitative estimate of drug-likeness (QED) is 0.0437. The second kappa shape index (κ2) is 25.2. The van der Waals surface area contributed by atoms with Gasteiger partial charge in [-0.2, -0.15) is 18.0 Å². The van der Waals surface area contributed by atoms with Gasteiger partial charge in [-0.25, -0.2) is 4.79 Å². The summed E-state index contributed by atoms with van der Waals surface area (Å²) in [4.78, 5) is 76.0. The highest BCUT2D eigenvalue weighted by atomic mass is 32.2. The number of aliphatic hydroxyl groups is 1. The van der Waals surface area contributed by atoms with Crippen LogP contribution in [0.3, 0.4) is 0 Å². The van der Waals surface area contributed by atoms with Crippen molar-refractivity contribution >= 4 is 50.7 Å². The Labute approximate surface area is 482 Å². The van der Waals surface area contributed by atoms with Crippen molar-refractivity contribution in [3.63, 3.8) is 0 Å². The minimum absolute atomic E-state index is 0.0477. The largest absolute Gasteiger partial charge is 0.493 e. The maximum absolute atomic E-state index is 13.7. The summed E-state index contributed by atoms with van der Waals surface area (Å²) in [5.74, 6) is 3.25. The number of aromatic amines is 1. The Hall–Kier alpha value is -5.17. The summed E-state index contributed by atoms with van der Waals surface area (Å²) in [7, 11) is 2.17. The van der Waals surface area contributed by atoms with E-state index in [1.165, 1.54) is 32.6 Å². The molecule has 3 heterocycles. The zero-order valence-electron chi connectivity index (χ0n) is 49.1. The molecule has 16 atom stereocenters. The lowest BCUT2D eigenvalue weighted by Crippen LogP contribution is -2.58. The number of hydrogen-bond donors (Lipinski definition) is 3. The first-order valence-corrected chi connectivity index (χ1v) is 31.5. The first-order valence-electron chi connectivity index (χ1n) is 29.9. The summed E-state index contributed by atoms with van der Waals surface area (Å²) in [5, 5.41) is 13.1. The van der Waals surface area contributed by atoms with Gasteiger partial charge in [-0.1, -0.05) is 27.7 Å². The highest BCUT2D eigenvalue weighted by Gasteiger charge is 2.63. The molecule has 1 saturated heterocycles. The molecular formula is C63H86N2O16S. The molecule has 0 radical (unpaired) electrons. The van der Waals surface area contributed by atoms with E-state index < -0.39 is 34.3 Å². The van der Waals surface area contributed by atoms with E-state index in [9.17, 15) is 32.7 Å². The van der Waals surface area contributed by atoms with Crippen molar-refractivity contribution < 1.29 is 75.3 Å². The first kappa shape index (κ1) is 61.4. The number of rotatable bonds is 19. The third-order valence-corrected chi connectivity index (χ3v) is 22.6. The van der Waals surface area contributed by atoms with Gasteiger partial charge in [-0.15, -0.1) is 0 Å². The summed E-state index contributed by atoms with van der Waals surface area (Å²) in [6.07, 6.45) is 11.1. The molecule has 19 heteroatoms. The van der Waals surface area contributed by atoms with Gasteiger partial charge in [0.2, 0.25) is 5.75 Å². The molecular weight excluding hydrogens is 1070 g/mol. The predicted octanol–water partition coefficient (Wildman–Crippen LogP) is 9.58. The molecule has 82 heavy (non-hydrogen) atoms. The van der Waals surface area contributed by atoms with Crippen molar-refractivity contribution in [1.29, 1.82) is 0 Å². The summed E-state index contributed by atoms with van der Waals surface area (Å²) in [6, 6.07) is 9.11. The average molecular weight is 1160 g/mol. The fourth-order valence-electron chi connectivity index (χ4n) is 18.0. The van der Waals surface area contributed by atoms with E-state index in [0.717, 1.165) is 94.6 Å². The molecule has 2 aliphatic heterocycles. The molecule has 5 aliphatic carbocycles. The van der Waals surface area contributed by atoms with Crippen LogP contribution in [-0.2, 0) is 50.0 Å². The Morgan fingerprint density at radius 3 is 2.27 bits per heavy atom. The van der Waals surface area contributed by atoms with Crippen LogP contribution in [-0.4, -0.2) is 123 Å². The summed E-state index contributed by atoms with van der Waals surface area (Å²) < 4.78 is 66.0. The number of fused-ring (bicyclic) bond motifs is 11. The van der Waals surface area contributed by atoms with Crippen molar-refractivity contribution in [2.24, 2.45) is 70.0 Å². The van der Waals surface area contributed by atoms with Crippen molar-refractivity contribution in [2.75, 3.05) is 47.3 Å². The third kappa shape index (κ3) is 12.3. The number of carbonyl (C=O) groups is 4. The average Bonchev–Trinajstić information content (AvgIpc) is 1.85. The number of ketones is 2. The van der Waals surface area contributed by atoms with E-state index in [2.05, 4.69) is 37.6 Å². The highest BCUT2D eigenvalue weighted by molar-refractivity contribution is 7.85. The molecule has 0 spiro atoms. The molecule has 10 rings (SSSR count). The zero-order valence-corrected chi connectivity index (χ0v) is 49.9. The molecule has 18 nitrogen and oxygen atoms in total. The van der Waals surface area contributed by atoms with E-state index in [4.69, 9.17) is 42.6 Å². The molecule has 0 amide bonds. The summed E-state index contributed by atoms with van der Waals surface area (Å²) in [6.45, 7) is 11.1. The van der Waals surface area contributed by atoms with E-state index in [-0.39, 0.29) is 83.5 Å². The number of aromatic nitrogens is 1. The van der Waals surface area contributed by atoms with Crippen molar-refractivity contribution in [3.05, 3.63) is 47.2 Å². The number of benzene rings is 2. The molecule has 1 aromatic heterocycles. The molecule has 3 N–H and O–H groups in total. The van der Waals surface area contributed by atoms with E-state index in [0.29, 0.717) is 89.2 Å². The van der Waals surface area contributed by atoms with Gasteiger partial charge in [-0.05, 0) is 189 Å². The molecule has 6 fully saturated rings. The Balaban J connectivity index is 0.00000264. The molecule has 0 bridgehead atoms. The minimum Gasteiger partial charge on any atom is -0.493 e. The van der Waals surface area contributed by atoms with Gasteiger partial charge in [-0.3, -0.25) is 23.8 Å². The number of carbonyl (C=O) groups excluding carboxylic acids is 6. The van der Waals surface area contributed by atoms with Crippen molar-refractivity contribution in [3.8, 4) is 23.0 Å². The molecule has 3 aromatic rings. The number of nitrogens with zero attached hydrogens (tertiary/aromatic N) is 1. The van der Waals surface area contributed by atoms with Crippen LogP contribution in [0.5, 0.6) is 23.0 Å². The topological polar surface area (TPSA) is 251 Å². The maximum atomic E-state index is 13.7. The van der Waals surface area contributed by atoms with Crippen LogP contribution in [0.25, 0.3) is 10.9 Å². The van der Waals surface area contributed by atoms with Crippen LogP contribution in [0, 0.1) is 70.0 Å². The number of piperidine rings is 1. The Morgan fingerprint density at radius 2 is 1.59 bits per heavy atom. The van der Waals surface area contributed by atoms with Crippen LogP contribution in [0.1, 0.15) is 158 Å². The van der Waals surface area contributed by atoms with Crippen LogP contribution in [0.4, 0.5) is 0 Å². The second-order valence-corrected chi connectivity index (χ2v) is 27.5. The number of nitrogens with one attached hydrogen (secondary N) is 1. The normalized spacial score (nSPS) is 33.2. The van der Waals surface area contributed by atoms with Crippen LogP contribution in [0.2, 0.25) is 0 Å². The Kier molecular flexibility index (Phi) is 18.9. The second-order valence-electron chi connectivity index (χ2n) is 25.9. The van der Waals surface area contributed by atoms with Crippen molar-refractivity contribution in [1.82, 2.24) is 9.88 Å². The van der Waals surface area contributed by atoms with E-state index in [1.807, 2.05) is 18.2 Å². The number of ether oxygens (including phenoxy) is 6. The molecule has 7 aliphatic rings. The maximum Gasteiger partial charge on any atom is 0.373 e. The lowest BCUT2D eigenvalue weighted by Gasteiger charge is -2.62. The number of esters is 2. The fraction of sp³-hybridized carbons (Fsp3) is 0.698. The van der Waals surface area contributed by atoms with Gasteiger partial charge < -0.3 is 38.5 Å². The van der Waals surface area contributed by atoms with Crippen LogP contribution in [0.15, 0.2) is 30.3 Å².